The number of aryl methyl sites for hydroxylation is 1. The van der Waals surface area contributed by atoms with Crippen molar-refractivity contribution in [1.82, 2.24) is 9.62 Å². The number of nitrogens with zero attached hydrogens (tertiary/aromatic N) is 1. The topological polar surface area (TPSA) is 66.5 Å². The molecule has 0 unspecified atom stereocenters. The second-order valence-corrected chi connectivity index (χ2v) is 9.61. The molecule has 1 atom stereocenters. The third-order valence-corrected chi connectivity index (χ3v) is 7.17. The van der Waals surface area contributed by atoms with Crippen LogP contribution in [0.2, 0.25) is 0 Å². The van der Waals surface area contributed by atoms with Crippen molar-refractivity contribution in [1.29, 1.82) is 0 Å². The molecule has 3 rings (SSSR count). The summed E-state index contributed by atoms with van der Waals surface area (Å²) in [4.78, 5) is 13.0. The fraction of sp³-hybridized carbons (Fsp3) is 0.240. The van der Waals surface area contributed by atoms with Gasteiger partial charge in [-0.2, -0.15) is 4.31 Å². The molecule has 31 heavy (non-hydrogen) atoms. The van der Waals surface area contributed by atoms with Crippen LogP contribution in [0.5, 0.6) is 0 Å². The Morgan fingerprint density at radius 3 is 2.16 bits per heavy atom. The van der Waals surface area contributed by atoms with Crippen LogP contribution >= 0.6 is 0 Å². The number of hydrogen-bond acceptors (Lipinski definition) is 3. The maximum Gasteiger partial charge on any atom is 0.251 e. The van der Waals surface area contributed by atoms with Crippen LogP contribution in [0.15, 0.2) is 83.8 Å². The van der Waals surface area contributed by atoms with Crippen molar-refractivity contribution >= 4 is 15.9 Å². The third kappa shape index (κ3) is 5.40. The lowest BCUT2D eigenvalue weighted by Gasteiger charge is -2.20. The molecule has 0 spiro atoms. The average molecular weight is 437 g/mol. The molecule has 0 saturated heterocycles. The molecule has 0 fully saturated rings. The first kappa shape index (κ1) is 22.7. The van der Waals surface area contributed by atoms with Gasteiger partial charge in [-0.25, -0.2) is 8.42 Å². The number of rotatable bonds is 8. The lowest BCUT2D eigenvalue weighted by atomic mass is 9.99. The number of benzene rings is 3. The van der Waals surface area contributed by atoms with E-state index in [1.165, 1.54) is 4.31 Å². The first-order chi connectivity index (χ1) is 14.8. The van der Waals surface area contributed by atoms with E-state index in [1.54, 1.807) is 61.6 Å². The molecular weight excluding hydrogens is 408 g/mol. The van der Waals surface area contributed by atoms with E-state index < -0.39 is 10.0 Å². The molecule has 5 nitrogen and oxygen atoms in total. The highest BCUT2D eigenvalue weighted by Crippen LogP contribution is 2.21. The molecule has 1 N–H and O–H groups in total. The molecule has 3 aromatic rings. The largest absolute Gasteiger partial charge is 0.345 e. The molecule has 0 aliphatic rings. The summed E-state index contributed by atoms with van der Waals surface area (Å²) in [5, 5.41) is 3.10. The van der Waals surface area contributed by atoms with Gasteiger partial charge in [-0.1, -0.05) is 61.5 Å². The summed E-state index contributed by atoms with van der Waals surface area (Å²) in [5.74, 6) is -0.146. The first-order valence-electron chi connectivity index (χ1n) is 10.3. The highest BCUT2D eigenvalue weighted by molar-refractivity contribution is 7.89. The van der Waals surface area contributed by atoms with Gasteiger partial charge < -0.3 is 5.32 Å². The van der Waals surface area contributed by atoms with Gasteiger partial charge in [0.25, 0.3) is 5.91 Å². The van der Waals surface area contributed by atoms with E-state index in [1.807, 2.05) is 38.1 Å². The van der Waals surface area contributed by atoms with E-state index in [-0.39, 0.29) is 23.4 Å². The van der Waals surface area contributed by atoms with Crippen LogP contribution in [0, 0.1) is 6.92 Å². The number of carbonyl (C=O) groups is 1. The fourth-order valence-electron chi connectivity index (χ4n) is 3.50. The molecule has 0 radical (unpaired) electrons. The summed E-state index contributed by atoms with van der Waals surface area (Å²) in [6.07, 6.45) is 0.789. The maximum absolute atomic E-state index is 12.8. The lowest BCUT2D eigenvalue weighted by Crippen LogP contribution is -2.29. The Kier molecular flexibility index (Phi) is 7.25. The number of carbonyl (C=O) groups excluding carboxylic acids is 1. The molecule has 6 heteroatoms. The van der Waals surface area contributed by atoms with Crippen LogP contribution in [0.4, 0.5) is 0 Å². The van der Waals surface area contributed by atoms with E-state index in [9.17, 15) is 13.2 Å². The molecule has 1 amide bonds. The van der Waals surface area contributed by atoms with Crippen molar-refractivity contribution in [3.05, 3.63) is 101 Å². The summed E-state index contributed by atoms with van der Waals surface area (Å²) in [6, 6.07) is 23.4. The first-order valence-corrected chi connectivity index (χ1v) is 11.7. The van der Waals surface area contributed by atoms with Gasteiger partial charge >= 0.3 is 0 Å². The van der Waals surface area contributed by atoms with Crippen molar-refractivity contribution < 1.29 is 13.2 Å². The SMILES string of the molecule is CC[C@@H](NC(=O)c1ccc(CN(C)S(=O)(=O)c2ccccc2)cc1)c1ccccc1C. The van der Waals surface area contributed by atoms with Gasteiger partial charge in [-0.05, 0) is 54.3 Å². The zero-order valence-electron chi connectivity index (χ0n) is 18.1. The maximum atomic E-state index is 12.8. The highest BCUT2D eigenvalue weighted by atomic mass is 32.2. The van der Waals surface area contributed by atoms with Crippen molar-refractivity contribution in [3.8, 4) is 0 Å². The predicted octanol–water partition coefficient (Wildman–Crippen LogP) is 4.70. The minimum Gasteiger partial charge on any atom is -0.345 e. The number of amides is 1. The molecule has 0 aromatic heterocycles. The van der Waals surface area contributed by atoms with Crippen LogP contribution in [0.25, 0.3) is 0 Å². The van der Waals surface area contributed by atoms with Gasteiger partial charge in [-0.15, -0.1) is 0 Å². The van der Waals surface area contributed by atoms with E-state index in [0.29, 0.717) is 5.56 Å². The second kappa shape index (κ2) is 9.90. The fourth-order valence-corrected chi connectivity index (χ4v) is 4.68. The van der Waals surface area contributed by atoms with Crippen molar-refractivity contribution in [2.75, 3.05) is 7.05 Å². The van der Waals surface area contributed by atoms with Crippen LogP contribution < -0.4 is 5.32 Å². The Morgan fingerprint density at radius 1 is 0.935 bits per heavy atom. The van der Waals surface area contributed by atoms with Gasteiger partial charge in [-0.3, -0.25) is 4.79 Å². The number of nitrogens with one attached hydrogen (secondary N) is 1. The van der Waals surface area contributed by atoms with Crippen LogP contribution in [0.3, 0.4) is 0 Å². The Bertz CT molecular complexity index is 1130. The van der Waals surface area contributed by atoms with E-state index in [2.05, 4.69) is 5.32 Å². The molecule has 162 valence electrons. The standard InChI is InChI=1S/C25H28N2O3S/c1-4-24(23-13-9-8-10-19(23)2)26-25(28)21-16-14-20(15-17-21)18-27(3)31(29,30)22-11-6-5-7-12-22/h5-17,24H,4,18H2,1-3H3,(H,26,28)/t24-/m1/s1. The highest BCUT2D eigenvalue weighted by Gasteiger charge is 2.21. The van der Waals surface area contributed by atoms with Crippen LogP contribution in [-0.2, 0) is 16.6 Å². The molecule has 0 bridgehead atoms. The van der Waals surface area contributed by atoms with Crippen LogP contribution in [-0.4, -0.2) is 25.7 Å². The Hall–Kier alpha value is -2.96. The lowest BCUT2D eigenvalue weighted by molar-refractivity contribution is 0.0935. The van der Waals surface area contributed by atoms with E-state index in [4.69, 9.17) is 0 Å². The van der Waals surface area contributed by atoms with Crippen molar-refractivity contribution in [3.63, 3.8) is 0 Å². The van der Waals surface area contributed by atoms with Gasteiger partial charge in [0, 0.05) is 19.2 Å². The van der Waals surface area contributed by atoms with Crippen molar-refractivity contribution in [2.24, 2.45) is 0 Å². The molecular formula is C25H28N2O3S. The van der Waals surface area contributed by atoms with E-state index in [0.717, 1.165) is 23.1 Å². The smallest absolute Gasteiger partial charge is 0.251 e. The Labute approximate surface area is 184 Å². The minimum absolute atomic E-state index is 0.0597. The van der Waals surface area contributed by atoms with Crippen LogP contribution in [0.1, 0.15) is 46.4 Å². The summed E-state index contributed by atoms with van der Waals surface area (Å²) in [7, 11) is -2.01. The van der Waals surface area contributed by atoms with Gasteiger partial charge in [0.2, 0.25) is 10.0 Å². The van der Waals surface area contributed by atoms with Gasteiger partial charge in [0.05, 0.1) is 10.9 Å². The summed E-state index contributed by atoms with van der Waals surface area (Å²) in [5.41, 5.74) is 3.62. The monoisotopic (exact) mass is 436 g/mol. The molecule has 0 saturated carbocycles. The predicted molar refractivity (Wildman–Crippen MR) is 123 cm³/mol. The Balaban J connectivity index is 1.68. The van der Waals surface area contributed by atoms with E-state index >= 15 is 0 Å². The Morgan fingerprint density at radius 2 is 1.55 bits per heavy atom. The third-order valence-electron chi connectivity index (χ3n) is 5.35. The zero-order chi connectivity index (χ0) is 22.4. The normalized spacial score (nSPS) is 12.5. The number of sulfonamides is 1. The second-order valence-electron chi connectivity index (χ2n) is 7.56. The average Bonchev–Trinajstić information content (AvgIpc) is 2.79. The zero-order valence-corrected chi connectivity index (χ0v) is 18.9. The van der Waals surface area contributed by atoms with Gasteiger partial charge in [0.1, 0.15) is 0 Å². The summed E-state index contributed by atoms with van der Waals surface area (Å²) >= 11 is 0. The molecule has 3 aromatic carbocycles. The summed E-state index contributed by atoms with van der Waals surface area (Å²) < 4.78 is 26.7. The molecule has 0 heterocycles. The quantitative estimate of drug-likeness (QED) is 0.557. The van der Waals surface area contributed by atoms with Gasteiger partial charge in [0.15, 0.2) is 0 Å². The van der Waals surface area contributed by atoms with Crippen molar-refractivity contribution in [2.45, 2.75) is 37.8 Å². The molecule has 0 aliphatic heterocycles. The number of hydrogen-bond donors (Lipinski definition) is 1. The summed E-state index contributed by atoms with van der Waals surface area (Å²) in [6.45, 7) is 4.31. The molecule has 0 aliphatic carbocycles. The minimum atomic E-state index is -3.56.